The van der Waals surface area contributed by atoms with E-state index in [0.29, 0.717) is 30.3 Å². The summed E-state index contributed by atoms with van der Waals surface area (Å²) in [6.07, 6.45) is 0. The number of aryl methyl sites for hydroxylation is 1. The minimum Gasteiger partial charge on any atom is -0.383 e. The zero-order chi connectivity index (χ0) is 17.6. The number of methoxy groups -OCH3 is 1. The van der Waals surface area contributed by atoms with E-state index in [0.717, 1.165) is 12.2 Å². The first-order valence-corrected chi connectivity index (χ1v) is 8.15. The molecule has 0 aliphatic carbocycles. The molecule has 8 heteroatoms. The van der Waals surface area contributed by atoms with E-state index in [4.69, 9.17) is 4.74 Å². The molecule has 3 aromatic rings. The van der Waals surface area contributed by atoms with E-state index in [1.807, 2.05) is 34.9 Å². The zero-order valence-corrected chi connectivity index (χ0v) is 14.2. The van der Waals surface area contributed by atoms with Gasteiger partial charge in [0.25, 0.3) is 5.56 Å². The van der Waals surface area contributed by atoms with Crippen molar-refractivity contribution in [2.75, 3.05) is 25.2 Å². The number of anilines is 2. The number of aromatic nitrogens is 4. The molecule has 0 unspecified atom stereocenters. The highest BCUT2D eigenvalue weighted by Gasteiger charge is 2.28. The number of hydrogen-bond acceptors (Lipinski definition) is 5. The standard InChI is InChI=1S/C17H19N5O3/c1-19-14-13(15(23)22(17(19)24)10-11-25-2)21-9-8-20(16(21)18-14)12-6-4-3-5-7-12/h3-7H,8-11H2,1-2H3. The van der Waals surface area contributed by atoms with E-state index in [1.54, 1.807) is 14.2 Å². The summed E-state index contributed by atoms with van der Waals surface area (Å²) in [6.45, 7) is 1.92. The maximum atomic E-state index is 12.9. The summed E-state index contributed by atoms with van der Waals surface area (Å²) in [4.78, 5) is 32.0. The number of rotatable bonds is 4. The molecule has 4 rings (SSSR count). The number of ether oxygens (including phenoxy) is 1. The molecule has 0 radical (unpaired) electrons. The second kappa shape index (κ2) is 5.89. The monoisotopic (exact) mass is 341 g/mol. The van der Waals surface area contributed by atoms with Crippen LogP contribution in [-0.2, 0) is 24.9 Å². The van der Waals surface area contributed by atoms with Crippen molar-refractivity contribution in [3.8, 4) is 0 Å². The van der Waals surface area contributed by atoms with Gasteiger partial charge >= 0.3 is 5.69 Å². The fourth-order valence-electron chi connectivity index (χ4n) is 3.31. The van der Waals surface area contributed by atoms with E-state index in [1.165, 1.54) is 9.13 Å². The maximum absolute atomic E-state index is 12.9. The van der Waals surface area contributed by atoms with Gasteiger partial charge in [-0.25, -0.2) is 4.79 Å². The van der Waals surface area contributed by atoms with Crippen LogP contribution < -0.4 is 16.1 Å². The lowest BCUT2D eigenvalue weighted by Gasteiger charge is -2.15. The summed E-state index contributed by atoms with van der Waals surface area (Å²) in [5, 5.41) is 0. The van der Waals surface area contributed by atoms with E-state index in [-0.39, 0.29) is 17.8 Å². The van der Waals surface area contributed by atoms with Crippen LogP contribution in [0.15, 0.2) is 39.9 Å². The summed E-state index contributed by atoms with van der Waals surface area (Å²) >= 11 is 0. The average molecular weight is 341 g/mol. The third kappa shape index (κ3) is 2.29. The minimum absolute atomic E-state index is 0.223. The highest BCUT2D eigenvalue weighted by atomic mass is 16.5. The predicted molar refractivity (Wildman–Crippen MR) is 94.6 cm³/mol. The van der Waals surface area contributed by atoms with E-state index in [9.17, 15) is 9.59 Å². The van der Waals surface area contributed by atoms with Crippen molar-refractivity contribution in [2.45, 2.75) is 13.1 Å². The number of imidazole rings is 1. The van der Waals surface area contributed by atoms with Gasteiger partial charge in [0.2, 0.25) is 5.95 Å². The topological polar surface area (TPSA) is 74.3 Å². The molecule has 0 fully saturated rings. The van der Waals surface area contributed by atoms with Crippen LogP contribution >= 0.6 is 0 Å². The lowest BCUT2D eigenvalue weighted by atomic mass is 10.3. The molecule has 25 heavy (non-hydrogen) atoms. The molecule has 0 saturated carbocycles. The van der Waals surface area contributed by atoms with Crippen LogP contribution in [0.5, 0.6) is 0 Å². The van der Waals surface area contributed by atoms with Gasteiger partial charge < -0.3 is 14.2 Å². The van der Waals surface area contributed by atoms with Crippen LogP contribution in [-0.4, -0.2) is 38.9 Å². The smallest absolute Gasteiger partial charge is 0.332 e. The molecule has 0 N–H and O–H groups in total. The van der Waals surface area contributed by atoms with Crippen molar-refractivity contribution >= 4 is 22.8 Å². The Morgan fingerprint density at radius 1 is 1.16 bits per heavy atom. The molecular formula is C17H19N5O3. The summed E-state index contributed by atoms with van der Waals surface area (Å²) in [6, 6.07) is 9.90. The Balaban J connectivity index is 1.94. The number of benzene rings is 1. The molecule has 3 heterocycles. The van der Waals surface area contributed by atoms with Crippen molar-refractivity contribution in [3.05, 3.63) is 51.2 Å². The van der Waals surface area contributed by atoms with Crippen LogP contribution in [0.4, 0.5) is 11.6 Å². The molecule has 0 saturated heterocycles. The number of nitrogens with zero attached hydrogens (tertiary/aromatic N) is 5. The highest BCUT2D eigenvalue weighted by Crippen LogP contribution is 2.31. The third-order valence-corrected chi connectivity index (χ3v) is 4.59. The average Bonchev–Trinajstić information content (AvgIpc) is 3.20. The molecule has 130 valence electrons. The fraction of sp³-hybridized carbons (Fsp3) is 0.353. The predicted octanol–water partition coefficient (Wildman–Crippen LogP) is 0.695. The van der Waals surface area contributed by atoms with Gasteiger partial charge in [-0.3, -0.25) is 13.9 Å². The molecule has 1 aliphatic heterocycles. The van der Waals surface area contributed by atoms with Crippen molar-refractivity contribution < 1.29 is 4.74 Å². The van der Waals surface area contributed by atoms with Crippen LogP contribution in [0.25, 0.3) is 11.2 Å². The minimum atomic E-state index is -0.377. The number of hydrogen-bond donors (Lipinski definition) is 0. The van der Waals surface area contributed by atoms with Crippen LogP contribution in [0.1, 0.15) is 0 Å². The Hall–Kier alpha value is -2.87. The lowest BCUT2D eigenvalue weighted by molar-refractivity contribution is 0.184. The van der Waals surface area contributed by atoms with Crippen LogP contribution in [0, 0.1) is 0 Å². The van der Waals surface area contributed by atoms with Gasteiger partial charge in [-0.05, 0) is 12.1 Å². The third-order valence-electron chi connectivity index (χ3n) is 4.59. The quantitative estimate of drug-likeness (QED) is 0.698. The largest absolute Gasteiger partial charge is 0.383 e. The van der Waals surface area contributed by atoms with Crippen molar-refractivity contribution in [2.24, 2.45) is 7.05 Å². The normalized spacial score (nSPS) is 13.6. The SMILES string of the molecule is COCCn1c(=O)c2c(nc3n2CCN3c2ccccc2)n(C)c1=O. The van der Waals surface area contributed by atoms with Crippen LogP contribution in [0.2, 0.25) is 0 Å². The molecule has 0 spiro atoms. The van der Waals surface area contributed by atoms with Crippen molar-refractivity contribution in [1.82, 2.24) is 18.7 Å². The molecular weight excluding hydrogens is 322 g/mol. The molecule has 8 nitrogen and oxygen atoms in total. The Morgan fingerprint density at radius 2 is 1.92 bits per heavy atom. The number of fused-ring (bicyclic) bond motifs is 3. The van der Waals surface area contributed by atoms with Crippen LogP contribution in [0.3, 0.4) is 0 Å². The molecule has 0 bridgehead atoms. The van der Waals surface area contributed by atoms with Gasteiger partial charge in [-0.1, -0.05) is 18.2 Å². The lowest BCUT2D eigenvalue weighted by Crippen LogP contribution is -2.40. The molecule has 0 amide bonds. The van der Waals surface area contributed by atoms with Gasteiger partial charge in [-0.15, -0.1) is 0 Å². The maximum Gasteiger partial charge on any atom is 0.332 e. The first kappa shape index (κ1) is 15.6. The Morgan fingerprint density at radius 3 is 2.64 bits per heavy atom. The summed E-state index contributed by atoms with van der Waals surface area (Å²) < 4.78 is 9.56. The van der Waals surface area contributed by atoms with Gasteiger partial charge in [0, 0.05) is 32.9 Å². The second-order valence-corrected chi connectivity index (χ2v) is 6.01. The molecule has 0 atom stereocenters. The van der Waals surface area contributed by atoms with Crippen molar-refractivity contribution in [3.63, 3.8) is 0 Å². The molecule has 1 aliphatic rings. The number of para-hydroxylation sites is 1. The molecule has 2 aromatic heterocycles. The van der Waals surface area contributed by atoms with Crippen molar-refractivity contribution in [1.29, 1.82) is 0 Å². The van der Waals surface area contributed by atoms with Gasteiger partial charge in [0.15, 0.2) is 11.2 Å². The van der Waals surface area contributed by atoms with E-state index in [2.05, 4.69) is 9.88 Å². The van der Waals surface area contributed by atoms with Gasteiger partial charge in [0.05, 0.1) is 13.2 Å². The fourth-order valence-corrected chi connectivity index (χ4v) is 3.31. The first-order valence-electron chi connectivity index (χ1n) is 8.15. The van der Waals surface area contributed by atoms with Gasteiger partial charge in [0.1, 0.15) is 0 Å². The zero-order valence-electron chi connectivity index (χ0n) is 14.2. The highest BCUT2D eigenvalue weighted by molar-refractivity contribution is 5.77. The summed E-state index contributed by atoms with van der Waals surface area (Å²) in [7, 11) is 3.19. The Kier molecular flexibility index (Phi) is 3.69. The second-order valence-electron chi connectivity index (χ2n) is 6.01. The van der Waals surface area contributed by atoms with E-state index < -0.39 is 0 Å². The van der Waals surface area contributed by atoms with E-state index >= 15 is 0 Å². The Bertz CT molecular complexity index is 1050. The molecule has 1 aromatic carbocycles. The first-order chi connectivity index (χ1) is 12.1. The summed E-state index contributed by atoms with van der Waals surface area (Å²) in [5.74, 6) is 0.692. The Labute approximate surface area is 143 Å². The van der Waals surface area contributed by atoms with Gasteiger partial charge in [-0.2, -0.15) is 4.98 Å². The summed E-state index contributed by atoms with van der Waals surface area (Å²) in [5.41, 5.74) is 1.20.